The second-order valence-electron chi connectivity index (χ2n) is 11.1. The van der Waals surface area contributed by atoms with Gasteiger partial charge in [-0.2, -0.15) is 4.31 Å². The maximum atomic E-state index is 13.8. The van der Waals surface area contributed by atoms with Crippen LogP contribution in [0.25, 0.3) is 0 Å². The van der Waals surface area contributed by atoms with E-state index in [1.807, 2.05) is 44.2 Å². The molecule has 0 bridgehead atoms. The molecule has 2 saturated heterocycles. The van der Waals surface area contributed by atoms with Gasteiger partial charge in [0.2, 0.25) is 15.8 Å². The number of ketones is 1. The fraction of sp³-hybridized carbons (Fsp3) is 0.517. The van der Waals surface area contributed by atoms with Gasteiger partial charge in [-0.05, 0) is 42.5 Å². The van der Waals surface area contributed by atoms with Crippen molar-refractivity contribution in [1.29, 1.82) is 0 Å². The molecule has 3 heterocycles. The number of fused-ring (bicyclic) bond motifs is 2. The Bertz CT molecular complexity index is 1350. The normalized spacial score (nSPS) is 23.2. The van der Waals surface area contributed by atoms with Crippen LogP contribution in [0.15, 0.2) is 53.4 Å². The van der Waals surface area contributed by atoms with Gasteiger partial charge >= 0.3 is 6.09 Å². The van der Waals surface area contributed by atoms with Crippen LogP contribution in [-0.2, 0) is 30.7 Å². The molecule has 41 heavy (non-hydrogen) atoms. The molecule has 0 saturated carbocycles. The minimum Gasteiger partial charge on any atom is -0.485 e. The summed E-state index contributed by atoms with van der Waals surface area (Å²) in [6.45, 7) is 4.21. The lowest BCUT2D eigenvalue weighted by Crippen LogP contribution is -2.51. The Balaban J connectivity index is 1.34. The number of sulfonamides is 1. The van der Waals surface area contributed by atoms with Crippen LogP contribution < -0.4 is 10.1 Å². The van der Waals surface area contributed by atoms with Crippen molar-refractivity contribution in [2.75, 3.05) is 32.9 Å². The molecule has 2 fully saturated rings. The molecule has 3 aliphatic heterocycles. The SMILES string of the molecule is CC(C)CN(C[C@@H](O)[C@H](Cc1ccccc1)NC(=O)OC1CO[C@H]2OCC[C@@H]12)S(=O)(=O)c1ccc2c(c1)C(=O)CO2. The highest BCUT2D eigenvalue weighted by Crippen LogP contribution is 2.33. The molecule has 2 aromatic rings. The summed E-state index contributed by atoms with van der Waals surface area (Å²) < 4.78 is 50.8. The lowest BCUT2D eigenvalue weighted by Gasteiger charge is -2.31. The topological polar surface area (TPSA) is 141 Å². The first-order chi connectivity index (χ1) is 19.6. The third kappa shape index (κ3) is 6.73. The Labute approximate surface area is 239 Å². The number of carbonyl (C=O) groups is 2. The number of hydrogen-bond donors (Lipinski definition) is 2. The molecule has 12 heteroatoms. The van der Waals surface area contributed by atoms with Crippen LogP contribution in [0.1, 0.15) is 36.2 Å². The van der Waals surface area contributed by atoms with Crippen molar-refractivity contribution in [3.63, 3.8) is 0 Å². The lowest BCUT2D eigenvalue weighted by molar-refractivity contribution is -0.0907. The predicted molar refractivity (Wildman–Crippen MR) is 147 cm³/mol. The minimum atomic E-state index is -4.11. The summed E-state index contributed by atoms with van der Waals surface area (Å²) in [6, 6.07) is 12.6. The van der Waals surface area contributed by atoms with Crippen molar-refractivity contribution < 1.29 is 42.1 Å². The highest BCUT2D eigenvalue weighted by Gasteiger charge is 2.44. The van der Waals surface area contributed by atoms with Crippen molar-refractivity contribution in [2.45, 2.75) is 56.1 Å². The van der Waals surface area contributed by atoms with Crippen molar-refractivity contribution >= 4 is 21.9 Å². The number of rotatable bonds is 11. The number of hydrogen-bond acceptors (Lipinski definition) is 9. The van der Waals surface area contributed by atoms with Crippen molar-refractivity contribution in [1.82, 2.24) is 9.62 Å². The van der Waals surface area contributed by atoms with Gasteiger partial charge in [0.25, 0.3) is 0 Å². The van der Waals surface area contributed by atoms with Gasteiger partial charge in [0.05, 0.1) is 41.7 Å². The third-order valence-corrected chi connectivity index (χ3v) is 9.34. The molecule has 2 aromatic carbocycles. The van der Waals surface area contributed by atoms with E-state index in [1.54, 1.807) is 0 Å². The highest BCUT2D eigenvalue weighted by molar-refractivity contribution is 7.89. The number of alkyl carbamates (subject to hydrolysis) is 1. The fourth-order valence-corrected chi connectivity index (χ4v) is 7.07. The van der Waals surface area contributed by atoms with E-state index in [4.69, 9.17) is 18.9 Å². The quantitative estimate of drug-likeness (QED) is 0.405. The van der Waals surface area contributed by atoms with Crippen LogP contribution in [0.2, 0.25) is 0 Å². The Morgan fingerprint density at radius 2 is 1.93 bits per heavy atom. The molecular formula is C29H36N2O9S. The van der Waals surface area contributed by atoms with Crippen LogP contribution in [0.3, 0.4) is 0 Å². The molecule has 1 unspecified atom stereocenters. The summed E-state index contributed by atoms with van der Waals surface area (Å²) in [5, 5.41) is 14.2. The second-order valence-corrected chi connectivity index (χ2v) is 13.0. The van der Waals surface area contributed by atoms with Crippen molar-refractivity contribution in [3.05, 3.63) is 59.7 Å². The van der Waals surface area contributed by atoms with Gasteiger partial charge in [-0.25, -0.2) is 13.2 Å². The standard InChI is InChI=1S/C29H36N2O9S/c1-18(2)14-31(41(35,36)20-8-9-26-22(13-20)25(33)16-38-26)15-24(32)23(12-19-6-4-3-5-7-19)30-29(34)40-27-17-39-28-21(27)10-11-37-28/h3-9,13,18,21,23-24,27-28,32H,10-12,14-17H2,1-2H3,(H,30,34)/t21-,23-,24+,27?,28+/m0/s1. The Morgan fingerprint density at radius 1 is 1.15 bits per heavy atom. The summed E-state index contributed by atoms with van der Waals surface area (Å²) in [6.07, 6.45) is -1.88. The van der Waals surface area contributed by atoms with Gasteiger partial charge in [-0.1, -0.05) is 44.2 Å². The number of nitrogens with zero attached hydrogens (tertiary/aromatic N) is 1. The van der Waals surface area contributed by atoms with Gasteiger partial charge in [0, 0.05) is 13.1 Å². The number of nitrogens with one attached hydrogen (secondary N) is 1. The van der Waals surface area contributed by atoms with E-state index in [2.05, 4.69) is 5.32 Å². The van der Waals surface area contributed by atoms with Gasteiger partial charge in [0.15, 0.2) is 12.9 Å². The van der Waals surface area contributed by atoms with Gasteiger partial charge in [0.1, 0.15) is 11.9 Å². The summed E-state index contributed by atoms with van der Waals surface area (Å²) >= 11 is 0. The molecule has 0 aromatic heterocycles. The van der Waals surface area contributed by atoms with Crippen LogP contribution in [0, 0.1) is 11.8 Å². The molecule has 0 spiro atoms. The first-order valence-electron chi connectivity index (χ1n) is 13.8. The van der Waals surface area contributed by atoms with E-state index in [0.717, 1.165) is 12.0 Å². The van der Waals surface area contributed by atoms with E-state index < -0.39 is 34.4 Å². The van der Waals surface area contributed by atoms with E-state index in [-0.39, 0.29) is 67.1 Å². The van der Waals surface area contributed by atoms with Gasteiger partial charge in [-0.3, -0.25) is 4.79 Å². The van der Waals surface area contributed by atoms with Crippen LogP contribution in [-0.4, -0.2) is 87.2 Å². The highest BCUT2D eigenvalue weighted by atomic mass is 32.2. The van der Waals surface area contributed by atoms with Crippen LogP contribution in [0.5, 0.6) is 5.75 Å². The third-order valence-electron chi connectivity index (χ3n) is 7.52. The zero-order chi connectivity index (χ0) is 29.1. The average Bonchev–Trinajstić information content (AvgIpc) is 3.66. The number of amides is 1. The molecule has 2 N–H and O–H groups in total. The summed E-state index contributed by atoms with van der Waals surface area (Å²) in [5.74, 6) is -0.0557. The number of ether oxygens (including phenoxy) is 4. The molecule has 5 atom stereocenters. The average molecular weight is 589 g/mol. The van der Waals surface area contributed by atoms with Gasteiger partial charge in [-0.15, -0.1) is 0 Å². The zero-order valence-electron chi connectivity index (χ0n) is 23.1. The maximum absolute atomic E-state index is 13.8. The molecule has 3 aliphatic rings. The molecule has 0 aliphatic carbocycles. The van der Waals surface area contributed by atoms with Crippen molar-refractivity contribution in [2.24, 2.45) is 11.8 Å². The number of Topliss-reactive ketones (excluding diaryl/α,β-unsaturated/α-hetero) is 1. The summed E-state index contributed by atoms with van der Waals surface area (Å²) in [4.78, 5) is 25.1. The minimum absolute atomic E-state index is 0.0467. The monoisotopic (exact) mass is 588 g/mol. The van der Waals surface area contributed by atoms with Crippen molar-refractivity contribution in [3.8, 4) is 5.75 Å². The Morgan fingerprint density at radius 3 is 2.68 bits per heavy atom. The molecule has 5 rings (SSSR count). The summed E-state index contributed by atoms with van der Waals surface area (Å²) in [5.41, 5.74) is 1.06. The predicted octanol–water partition coefficient (Wildman–Crippen LogP) is 2.37. The second kappa shape index (κ2) is 12.5. The lowest BCUT2D eigenvalue weighted by atomic mass is 10.0. The van der Waals surface area contributed by atoms with E-state index in [1.165, 1.54) is 22.5 Å². The molecule has 1 amide bonds. The number of benzene rings is 2. The molecule has 11 nitrogen and oxygen atoms in total. The van der Waals surface area contributed by atoms with E-state index in [0.29, 0.717) is 12.4 Å². The smallest absolute Gasteiger partial charge is 0.407 e. The molecule has 0 radical (unpaired) electrons. The first kappa shape index (κ1) is 29.5. The van der Waals surface area contributed by atoms with Crippen LogP contribution in [0.4, 0.5) is 4.79 Å². The Hall–Kier alpha value is -3.03. The number of aliphatic hydroxyl groups excluding tert-OH is 1. The number of aliphatic hydroxyl groups is 1. The fourth-order valence-electron chi connectivity index (χ4n) is 5.42. The Kier molecular flexibility index (Phi) is 8.95. The van der Waals surface area contributed by atoms with E-state index in [9.17, 15) is 23.1 Å². The maximum Gasteiger partial charge on any atom is 0.407 e. The van der Waals surface area contributed by atoms with Crippen LogP contribution >= 0.6 is 0 Å². The zero-order valence-corrected chi connectivity index (χ0v) is 23.9. The molecule has 222 valence electrons. The largest absolute Gasteiger partial charge is 0.485 e. The first-order valence-corrected chi connectivity index (χ1v) is 15.3. The summed E-state index contributed by atoms with van der Waals surface area (Å²) in [7, 11) is -4.11. The molecular weight excluding hydrogens is 552 g/mol. The van der Waals surface area contributed by atoms with E-state index >= 15 is 0 Å². The number of carbonyl (C=O) groups excluding carboxylic acids is 2. The van der Waals surface area contributed by atoms with Gasteiger partial charge < -0.3 is 29.4 Å².